The minimum Gasteiger partial charge on any atom is -0.507 e. The first-order valence-corrected chi connectivity index (χ1v) is 6.89. The van der Waals surface area contributed by atoms with E-state index in [1.54, 1.807) is 6.07 Å². The summed E-state index contributed by atoms with van der Waals surface area (Å²) in [6.07, 6.45) is 5.46. The van der Waals surface area contributed by atoms with Gasteiger partial charge in [0.05, 0.1) is 0 Å². The van der Waals surface area contributed by atoms with Gasteiger partial charge in [0.2, 0.25) is 0 Å². The van der Waals surface area contributed by atoms with Gasteiger partial charge >= 0.3 is 0 Å². The molecule has 20 heavy (non-hydrogen) atoms. The Morgan fingerprint density at radius 1 is 1.45 bits per heavy atom. The number of aromatic hydroxyl groups is 1. The smallest absolute Gasteiger partial charge is 0.262 e. The van der Waals surface area contributed by atoms with Crippen molar-refractivity contribution in [2.24, 2.45) is 0 Å². The molecule has 0 radical (unpaired) electrons. The maximum Gasteiger partial charge on any atom is 0.262 e. The highest BCUT2D eigenvalue weighted by Crippen LogP contribution is 2.24. The van der Waals surface area contributed by atoms with E-state index in [0.717, 1.165) is 25.7 Å². The van der Waals surface area contributed by atoms with Gasteiger partial charge < -0.3 is 10.4 Å². The van der Waals surface area contributed by atoms with Crippen LogP contribution in [0.5, 0.6) is 5.75 Å². The van der Waals surface area contributed by atoms with Gasteiger partial charge in [-0.1, -0.05) is 24.4 Å². The van der Waals surface area contributed by atoms with E-state index >= 15 is 0 Å². The summed E-state index contributed by atoms with van der Waals surface area (Å²) in [6.45, 7) is 0. The number of hydrogen-bond acceptors (Lipinski definition) is 3. The van der Waals surface area contributed by atoms with E-state index in [1.807, 2.05) is 6.07 Å². The Labute approximate surface area is 122 Å². The highest BCUT2D eigenvalue weighted by molar-refractivity contribution is 6.30. The summed E-state index contributed by atoms with van der Waals surface area (Å²) in [6, 6.07) is 6.49. The Bertz CT molecular complexity index is 584. The number of phenolic OH excluding ortho intramolecular Hbond substituents is 1. The van der Waals surface area contributed by atoms with Crippen LogP contribution in [0.2, 0.25) is 5.02 Å². The molecule has 4 nitrogen and oxygen atoms in total. The number of hydrogen-bond donors (Lipinski definition) is 2. The summed E-state index contributed by atoms with van der Waals surface area (Å²) in [7, 11) is 0. The van der Waals surface area contributed by atoms with Gasteiger partial charge in [0.1, 0.15) is 17.4 Å². The van der Waals surface area contributed by atoms with Crippen LogP contribution in [-0.4, -0.2) is 17.1 Å². The second kappa shape index (κ2) is 6.44. The lowest BCUT2D eigenvalue weighted by molar-refractivity contribution is -0.117. The van der Waals surface area contributed by atoms with Crippen molar-refractivity contribution in [2.45, 2.75) is 31.7 Å². The highest BCUT2D eigenvalue weighted by atomic mass is 35.5. The largest absolute Gasteiger partial charge is 0.507 e. The Hall–Kier alpha value is -1.99. The highest BCUT2D eigenvalue weighted by Gasteiger charge is 2.19. The molecule has 0 atom stereocenters. The van der Waals surface area contributed by atoms with Crippen molar-refractivity contribution in [3.8, 4) is 11.8 Å². The van der Waals surface area contributed by atoms with Crippen molar-refractivity contribution in [3.05, 3.63) is 34.4 Å². The minimum absolute atomic E-state index is 0.0178. The van der Waals surface area contributed by atoms with E-state index in [0.29, 0.717) is 10.6 Å². The molecule has 0 bridgehead atoms. The van der Waals surface area contributed by atoms with Crippen LogP contribution < -0.4 is 5.32 Å². The van der Waals surface area contributed by atoms with Crippen molar-refractivity contribution >= 4 is 23.6 Å². The standard InChI is InChI=1S/C15H15ClN2O2/c16-12-5-6-14(19)10(8-12)7-11(9-17)15(20)18-13-3-1-2-4-13/h5-8,13,19H,1-4H2,(H,18,20)/b11-7-. The number of nitrogens with zero attached hydrogens (tertiary/aromatic N) is 1. The second-order valence-electron chi connectivity index (χ2n) is 4.83. The Kier molecular flexibility index (Phi) is 4.65. The lowest BCUT2D eigenvalue weighted by Gasteiger charge is -2.11. The average molecular weight is 291 g/mol. The molecule has 1 saturated carbocycles. The molecule has 0 aliphatic heterocycles. The summed E-state index contributed by atoms with van der Waals surface area (Å²) in [5.74, 6) is -0.422. The van der Waals surface area contributed by atoms with Gasteiger partial charge in [-0.05, 0) is 37.1 Å². The Morgan fingerprint density at radius 2 is 2.15 bits per heavy atom. The zero-order valence-corrected chi connectivity index (χ0v) is 11.7. The predicted molar refractivity (Wildman–Crippen MR) is 77.1 cm³/mol. The fraction of sp³-hybridized carbons (Fsp3) is 0.333. The minimum atomic E-state index is -0.404. The molecule has 2 rings (SSSR count). The normalized spacial score (nSPS) is 15.9. The van der Waals surface area contributed by atoms with Crippen LogP contribution in [0, 0.1) is 11.3 Å². The van der Waals surface area contributed by atoms with Crippen LogP contribution in [0.1, 0.15) is 31.2 Å². The number of carbonyl (C=O) groups is 1. The van der Waals surface area contributed by atoms with Crippen molar-refractivity contribution in [1.82, 2.24) is 5.32 Å². The molecular weight excluding hydrogens is 276 g/mol. The topological polar surface area (TPSA) is 73.1 Å². The lowest BCUT2D eigenvalue weighted by atomic mass is 10.1. The second-order valence-corrected chi connectivity index (χ2v) is 5.26. The SMILES string of the molecule is N#C/C(=C/c1cc(Cl)ccc1O)C(=O)NC1CCCC1. The van der Waals surface area contributed by atoms with Crippen LogP contribution in [-0.2, 0) is 4.79 Å². The molecule has 2 N–H and O–H groups in total. The van der Waals surface area contributed by atoms with Crippen molar-refractivity contribution in [2.75, 3.05) is 0 Å². The zero-order chi connectivity index (χ0) is 14.5. The number of benzene rings is 1. The molecule has 0 spiro atoms. The number of halogens is 1. The van der Waals surface area contributed by atoms with Crippen molar-refractivity contribution in [1.29, 1.82) is 5.26 Å². The van der Waals surface area contributed by atoms with E-state index in [4.69, 9.17) is 16.9 Å². The first kappa shape index (κ1) is 14.4. The number of phenols is 1. The van der Waals surface area contributed by atoms with Gasteiger partial charge in [-0.3, -0.25) is 4.79 Å². The summed E-state index contributed by atoms with van der Waals surface area (Å²) in [4.78, 5) is 12.0. The van der Waals surface area contributed by atoms with E-state index < -0.39 is 5.91 Å². The number of nitriles is 1. The van der Waals surface area contributed by atoms with E-state index in [1.165, 1.54) is 18.2 Å². The lowest BCUT2D eigenvalue weighted by Crippen LogP contribution is -2.33. The van der Waals surface area contributed by atoms with Crippen LogP contribution >= 0.6 is 11.6 Å². The third-order valence-electron chi connectivity index (χ3n) is 3.34. The molecule has 0 heterocycles. The number of amides is 1. The third kappa shape index (κ3) is 3.52. The number of rotatable bonds is 3. The summed E-state index contributed by atoms with van der Waals surface area (Å²) < 4.78 is 0. The van der Waals surface area contributed by atoms with Gasteiger partial charge in [0.15, 0.2) is 0 Å². The molecule has 1 aromatic carbocycles. The summed E-state index contributed by atoms with van der Waals surface area (Å²) in [5.41, 5.74) is 0.324. The first-order chi connectivity index (χ1) is 9.60. The van der Waals surface area contributed by atoms with Crippen LogP contribution in [0.15, 0.2) is 23.8 Å². The molecule has 1 aliphatic rings. The Morgan fingerprint density at radius 3 is 2.80 bits per heavy atom. The van der Waals surface area contributed by atoms with Crippen molar-refractivity contribution < 1.29 is 9.90 Å². The van der Waals surface area contributed by atoms with Crippen molar-refractivity contribution in [3.63, 3.8) is 0 Å². The molecule has 1 fully saturated rings. The molecule has 0 unspecified atom stereocenters. The van der Waals surface area contributed by atoms with Crippen LogP contribution in [0.3, 0.4) is 0 Å². The average Bonchev–Trinajstić information content (AvgIpc) is 2.92. The monoisotopic (exact) mass is 290 g/mol. The fourth-order valence-electron chi connectivity index (χ4n) is 2.28. The molecule has 0 aromatic heterocycles. The molecule has 1 aromatic rings. The number of nitrogens with one attached hydrogen (secondary N) is 1. The van der Waals surface area contributed by atoms with Gasteiger partial charge in [0, 0.05) is 16.6 Å². The van der Waals surface area contributed by atoms with E-state index in [9.17, 15) is 9.90 Å². The third-order valence-corrected chi connectivity index (χ3v) is 3.58. The van der Waals surface area contributed by atoms with Gasteiger partial charge in [-0.2, -0.15) is 5.26 Å². The maximum absolute atomic E-state index is 12.0. The number of carbonyl (C=O) groups excluding carboxylic acids is 1. The fourth-order valence-corrected chi connectivity index (χ4v) is 2.46. The van der Waals surface area contributed by atoms with Crippen LogP contribution in [0.25, 0.3) is 6.08 Å². The summed E-state index contributed by atoms with van der Waals surface area (Å²) in [5, 5.41) is 22.1. The first-order valence-electron chi connectivity index (χ1n) is 6.51. The van der Waals surface area contributed by atoms with E-state index in [2.05, 4.69) is 5.32 Å². The van der Waals surface area contributed by atoms with Gasteiger partial charge in [-0.25, -0.2) is 0 Å². The molecule has 1 amide bonds. The van der Waals surface area contributed by atoms with Crippen LogP contribution in [0.4, 0.5) is 0 Å². The molecule has 0 saturated heterocycles. The molecule has 1 aliphatic carbocycles. The van der Waals surface area contributed by atoms with Gasteiger partial charge in [0.25, 0.3) is 5.91 Å². The maximum atomic E-state index is 12.0. The molecule has 104 valence electrons. The van der Waals surface area contributed by atoms with Gasteiger partial charge in [-0.15, -0.1) is 0 Å². The van der Waals surface area contributed by atoms with E-state index in [-0.39, 0.29) is 17.4 Å². The Balaban J connectivity index is 2.18. The molecular formula is C15H15ClN2O2. The summed E-state index contributed by atoms with van der Waals surface area (Å²) >= 11 is 5.84. The predicted octanol–water partition coefficient (Wildman–Crippen LogP) is 3.01. The molecule has 5 heteroatoms. The zero-order valence-electron chi connectivity index (χ0n) is 10.9. The quantitative estimate of drug-likeness (QED) is 0.664.